The van der Waals surface area contributed by atoms with E-state index < -0.39 is 15.8 Å². The Balaban J connectivity index is 1.68. The number of fused-ring (bicyclic) bond motifs is 3. The highest BCUT2D eigenvalue weighted by atomic mass is 35.5. The normalized spacial score (nSPS) is 14.4. The number of aromatic amines is 1. The van der Waals surface area contributed by atoms with Crippen LogP contribution in [0.15, 0.2) is 30.5 Å². The fourth-order valence-corrected chi connectivity index (χ4v) is 5.68. The average Bonchev–Trinajstić information content (AvgIpc) is 3.49. The first-order valence-electron chi connectivity index (χ1n) is 10.5. The zero-order valence-corrected chi connectivity index (χ0v) is 19.2. The van der Waals surface area contributed by atoms with Gasteiger partial charge in [0.2, 0.25) is 10.0 Å². The highest BCUT2D eigenvalue weighted by Crippen LogP contribution is 2.45. The summed E-state index contributed by atoms with van der Waals surface area (Å²) in [6.07, 6.45) is 4.43. The van der Waals surface area contributed by atoms with E-state index >= 15 is 0 Å². The number of hydrogen-bond acceptors (Lipinski definition) is 4. The lowest BCUT2D eigenvalue weighted by Crippen LogP contribution is -2.16. The fourth-order valence-electron chi connectivity index (χ4n) is 4.17. The molecular weight excluding hydrogens is 451 g/mol. The molecule has 9 heteroatoms. The van der Waals surface area contributed by atoms with Crippen LogP contribution < -0.4 is 4.72 Å². The van der Waals surface area contributed by atoms with Crippen molar-refractivity contribution in [3.8, 4) is 11.1 Å². The van der Waals surface area contributed by atoms with Gasteiger partial charge < -0.3 is 0 Å². The Kier molecular flexibility index (Phi) is 5.09. The van der Waals surface area contributed by atoms with Crippen molar-refractivity contribution < 1.29 is 12.8 Å². The maximum atomic E-state index is 15.0. The SMILES string of the molecule is CCCS(=O)(=O)Nc1ccc(F)c(-c2cc3cnc4[nH]nc(C5CC5)c4c3cc2C)c1Cl. The summed E-state index contributed by atoms with van der Waals surface area (Å²) in [5.74, 6) is -0.108. The summed E-state index contributed by atoms with van der Waals surface area (Å²) in [5, 5.41) is 10.4. The Morgan fingerprint density at radius 2 is 2.06 bits per heavy atom. The zero-order valence-electron chi connectivity index (χ0n) is 17.7. The molecule has 0 radical (unpaired) electrons. The minimum absolute atomic E-state index is 0.0307. The number of pyridine rings is 1. The third-order valence-corrected chi connectivity index (χ3v) is 7.71. The highest BCUT2D eigenvalue weighted by molar-refractivity contribution is 7.92. The van der Waals surface area contributed by atoms with Gasteiger partial charge in [-0.1, -0.05) is 18.5 Å². The summed E-state index contributed by atoms with van der Waals surface area (Å²) in [4.78, 5) is 4.50. The molecule has 0 atom stereocenters. The highest BCUT2D eigenvalue weighted by Gasteiger charge is 2.29. The Morgan fingerprint density at radius 1 is 1.28 bits per heavy atom. The van der Waals surface area contributed by atoms with Crippen molar-refractivity contribution in [2.75, 3.05) is 10.5 Å². The van der Waals surface area contributed by atoms with Crippen LogP contribution >= 0.6 is 11.6 Å². The van der Waals surface area contributed by atoms with Crippen molar-refractivity contribution in [2.24, 2.45) is 0 Å². The van der Waals surface area contributed by atoms with Crippen LogP contribution in [0.2, 0.25) is 5.02 Å². The number of hydrogen-bond donors (Lipinski definition) is 2. The minimum Gasteiger partial charge on any atom is -0.282 e. The predicted octanol–water partition coefficient (Wildman–Crippen LogP) is 5.91. The van der Waals surface area contributed by atoms with E-state index in [0.717, 1.165) is 45.9 Å². The van der Waals surface area contributed by atoms with Gasteiger partial charge in [-0.15, -0.1) is 0 Å². The van der Waals surface area contributed by atoms with E-state index in [-0.39, 0.29) is 22.0 Å². The molecule has 2 aromatic heterocycles. The smallest absolute Gasteiger partial charge is 0.232 e. The van der Waals surface area contributed by atoms with Gasteiger partial charge in [-0.25, -0.2) is 17.8 Å². The maximum Gasteiger partial charge on any atom is 0.232 e. The summed E-state index contributed by atoms with van der Waals surface area (Å²) >= 11 is 6.53. The number of sulfonamides is 1. The number of anilines is 1. The van der Waals surface area contributed by atoms with Gasteiger partial charge in [0.15, 0.2) is 5.65 Å². The molecule has 166 valence electrons. The van der Waals surface area contributed by atoms with Crippen LogP contribution in [0.25, 0.3) is 32.9 Å². The second-order valence-corrected chi connectivity index (χ2v) is 10.5. The number of nitrogens with zero attached hydrogens (tertiary/aromatic N) is 2. The molecule has 1 fully saturated rings. The van der Waals surface area contributed by atoms with Crippen LogP contribution in [-0.2, 0) is 10.0 Å². The average molecular weight is 473 g/mol. The van der Waals surface area contributed by atoms with Crippen molar-refractivity contribution in [3.63, 3.8) is 0 Å². The fraction of sp³-hybridized carbons (Fsp3) is 0.304. The molecule has 32 heavy (non-hydrogen) atoms. The molecule has 6 nitrogen and oxygen atoms in total. The van der Waals surface area contributed by atoms with E-state index in [9.17, 15) is 12.8 Å². The monoisotopic (exact) mass is 472 g/mol. The van der Waals surface area contributed by atoms with Crippen LogP contribution in [-0.4, -0.2) is 29.4 Å². The summed E-state index contributed by atoms with van der Waals surface area (Å²) in [7, 11) is -3.57. The molecule has 2 aromatic carbocycles. The van der Waals surface area contributed by atoms with E-state index in [1.807, 2.05) is 19.1 Å². The van der Waals surface area contributed by atoms with Crippen LogP contribution in [0.1, 0.15) is 43.4 Å². The standard InChI is InChI=1S/C23H22ClFN4O2S/c1-3-8-32(30,31)29-18-7-6-17(25)19(21(18)24)15-10-14-11-26-23-20(16(14)9-12(15)2)22(27-28-23)13-4-5-13/h6-7,9-11,13,29H,3-5,8H2,1-2H3,(H,26,27,28). The molecule has 1 aliphatic rings. The molecule has 0 spiro atoms. The number of rotatable bonds is 6. The molecule has 2 N–H and O–H groups in total. The summed E-state index contributed by atoms with van der Waals surface area (Å²) in [6.45, 7) is 3.66. The van der Waals surface area contributed by atoms with Crippen molar-refractivity contribution >= 4 is 49.1 Å². The quantitative estimate of drug-likeness (QED) is 0.365. The molecule has 0 aliphatic heterocycles. The minimum atomic E-state index is -3.57. The van der Waals surface area contributed by atoms with Gasteiger partial charge >= 0.3 is 0 Å². The lowest BCUT2D eigenvalue weighted by Gasteiger charge is -2.16. The summed E-state index contributed by atoms with van der Waals surface area (Å²) in [6, 6.07) is 6.44. The van der Waals surface area contributed by atoms with E-state index in [1.54, 1.807) is 13.1 Å². The zero-order chi connectivity index (χ0) is 22.6. The number of nitrogens with one attached hydrogen (secondary N) is 2. The lowest BCUT2D eigenvalue weighted by molar-refractivity contribution is 0.599. The second kappa shape index (κ2) is 7.71. The van der Waals surface area contributed by atoms with Gasteiger partial charge in [0.05, 0.1) is 27.5 Å². The topological polar surface area (TPSA) is 87.7 Å². The molecule has 0 unspecified atom stereocenters. The molecule has 1 aliphatic carbocycles. The van der Waals surface area contributed by atoms with Gasteiger partial charge in [-0.3, -0.25) is 9.82 Å². The summed E-state index contributed by atoms with van der Waals surface area (Å²) < 4.78 is 41.9. The second-order valence-electron chi connectivity index (χ2n) is 8.32. The Bertz CT molecular complexity index is 1480. The van der Waals surface area contributed by atoms with Crippen molar-refractivity contribution in [1.82, 2.24) is 15.2 Å². The first kappa shape index (κ1) is 21.2. The lowest BCUT2D eigenvalue weighted by atomic mass is 9.94. The van der Waals surface area contributed by atoms with Crippen molar-refractivity contribution in [3.05, 3.63) is 52.6 Å². The molecule has 1 saturated carbocycles. The predicted molar refractivity (Wildman–Crippen MR) is 126 cm³/mol. The maximum absolute atomic E-state index is 15.0. The molecular formula is C23H22ClFN4O2S. The Hall–Kier alpha value is -2.71. The number of H-pyrrole nitrogens is 1. The van der Waals surface area contributed by atoms with E-state index in [0.29, 0.717) is 17.9 Å². The number of aromatic nitrogens is 3. The molecule has 0 amide bonds. The molecule has 0 saturated heterocycles. The van der Waals surface area contributed by atoms with Gasteiger partial charge in [-0.05, 0) is 67.0 Å². The largest absolute Gasteiger partial charge is 0.282 e. The Morgan fingerprint density at radius 3 is 2.78 bits per heavy atom. The Labute approximate surface area is 190 Å². The van der Waals surface area contributed by atoms with E-state index in [4.69, 9.17) is 11.6 Å². The molecule has 4 aromatic rings. The number of aryl methyl sites for hydroxylation is 1. The first-order valence-corrected chi connectivity index (χ1v) is 12.6. The summed E-state index contributed by atoms with van der Waals surface area (Å²) in [5.41, 5.74) is 3.51. The molecule has 5 rings (SSSR count). The van der Waals surface area contributed by atoms with Crippen LogP contribution in [0, 0.1) is 12.7 Å². The van der Waals surface area contributed by atoms with Crippen molar-refractivity contribution in [2.45, 2.75) is 39.0 Å². The number of halogens is 2. The number of benzene rings is 2. The van der Waals surface area contributed by atoms with Crippen LogP contribution in [0.4, 0.5) is 10.1 Å². The van der Waals surface area contributed by atoms with Gasteiger partial charge in [0, 0.05) is 23.1 Å². The molecule has 2 heterocycles. The van der Waals surface area contributed by atoms with Crippen LogP contribution in [0.3, 0.4) is 0 Å². The first-order chi connectivity index (χ1) is 15.3. The van der Waals surface area contributed by atoms with Gasteiger partial charge in [0.25, 0.3) is 0 Å². The van der Waals surface area contributed by atoms with E-state index in [1.165, 1.54) is 12.1 Å². The van der Waals surface area contributed by atoms with Gasteiger partial charge in [0.1, 0.15) is 5.82 Å². The van der Waals surface area contributed by atoms with Crippen LogP contribution in [0.5, 0.6) is 0 Å². The van der Waals surface area contributed by atoms with Gasteiger partial charge in [-0.2, -0.15) is 5.10 Å². The van der Waals surface area contributed by atoms with Crippen molar-refractivity contribution in [1.29, 1.82) is 0 Å². The third kappa shape index (κ3) is 3.61. The molecule has 0 bridgehead atoms. The van der Waals surface area contributed by atoms with E-state index in [2.05, 4.69) is 19.9 Å². The third-order valence-electron chi connectivity index (χ3n) is 5.84.